The Balaban J connectivity index is 3.08. The largest absolute Gasteiger partial charge is 0.479 e. The van der Waals surface area contributed by atoms with E-state index in [1.54, 1.807) is 6.92 Å². The third-order valence-electron chi connectivity index (χ3n) is 1.65. The molecule has 0 saturated carbocycles. The molecule has 0 aromatic heterocycles. The molecule has 0 heterocycles. The summed E-state index contributed by atoms with van der Waals surface area (Å²) in [4.78, 5) is 10.2. The van der Waals surface area contributed by atoms with E-state index in [9.17, 15) is 13.6 Å². The number of carboxylic acid groups (broad SMARTS) is 1. The summed E-state index contributed by atoms with van der Waals surface area (Å²) >= 11 is 0. The Labute approximate surface area is 73.8 Å². The minimum absolute atomic E-state index is 0.432. The molecule has 1 aromatic carbocycles. The Morgan fingerprint density at radius 2 is 2.15 bits per heavy atom. The molecule has 2 nitrogen and oxygen atoms in total. The van der Waals surface area contributed by atoms with E-state index in [1.807, 2.05) is 0 Å². The number of alkyl halides is 1. The second-order valence-electron chi connectivity index (χ2n) is 2.73. The lowest BCUT2D eigenvalue weighted by molar-refractivity contribution is -0.143. The van der Waals surface area contributed by atoms with E-state index >= 15 is 0 Å². The molecule has 70 valence electrons. The van der Waals surface area contributed by atoms with Crippen LogP contribution in [0.3, 0.4) is 0 Å². The van der Waals surface area contributed by atoms with Gasteiger partial charge in [0.1, 0.15) is 5.82 Å². The quantitative estimate of drug-likeness (QED) is 0.768. The Kier molecular flexibility index (Phi) is 2.60. The van der Waals surface area contributed by atoms with Crippen molar-refractivity contribution in [3.63, 3.8) is 0 Å². The molecule has 1 atom stereocenters. The molecular formula is C9H8F2O2. The van der Waals surface area contributed by atoms with Crippen molar-refractivity contribution in [2.45, 2.75) is 13.1 Å². The van der Waals surface area contributed by atoms with E-state index in [4.69, 9.17) is 5.11 Å². The smallest absolute Gasteiger partial charge is 0.343 e. The lowest BCUT2D eigenvalue weighted by Crippen LogP contribution is -2.07. The summed E-state index contributed by atoms with van der Waals surface area (Å²) in [5.41, 5.74) is 0.192. The molecule has 4 heteroatoms. The van der Waals surface area contributed by atoms with Crippen molar-refractivity contribution in [1.82, 2.24) is 0 Å². The number of carbonyl (C=O) groups is 1. The van der Waals surface area contributed by atoms with Crippen LogP contribution in [-0.2, 0) is 4.79 Å². The molecule has 0 aliphatic rings. The van der Waals surface area contributed by atoms with E-state index < -0.39 is 23.5 Å². The van der Waals surface area contributed by atoms with Gasteiger partial charge in [0.2, 0.25) is 6.17 Å². The molecule has 1 rings (SSSR count). The summed E-state index contributed by atoms with van der Waals surface area (Å²) in [5.74, 6) is -2.50. The Hall–Kier alpha value is -1.45. The highest BCUT2D eigenvalue weighted by molar-refractivity contribution is 5.74. The van der Waals surface area contributed by atoms with Crippen LogP contribution in [0.2, 0.25) is 0 Å². The standard InChI is InChI=1S/C9H8F2O2/c1-5-2-3-6(7(10)4-5)8(11)9(12)13/h2-4,8H,1H3,(H,12,13). The zero-order chi connectivity index (χ0) is 10.0. The van der Waals surface area contributed by atoms with Crippen molar-refractivity contribution in [1.29, 1.82) is 0 Å². The molecule has 13 heavy (non-hydrogen) atoms. The third-order valence-corrected chi connectivity index (χ3v) is 1.65. The van der Waals surface area contributed by atoms with Crippen molar-refractivity contribution in [3.05, 3.63) is 35.1 Å². The fourth-order valence-electron chi connectivity index (χ4n) is 0.971. The molecule has 1 aromatic rings. The molecule has 0 amide bonds. The van der Waals surface area contributed by atoms with Crippen molar-refractivity contribution in [2.24, 2.45) is 0 Å². The van der Waals surface area contributed by atoms with Crippen LogP contribution in [0.5, 0.6) is 0 Å². The molecule has 0 spiro atoms. The van der Waals surface area contributed by atoms with Gasteiger partial charge in [-0.3, -0.25) is 0 Å². The number of rotatable bonds is 2. The van der Waals surface area contributed by atoms with Crippen LogP contribution in [0.25, 0.3) is 0 Å². The maximum atomic E-state index is 13.0. The summed E-state index contributed by atoms with van der Waals surface area (Å²) in [6.07, 6.45) is -2.29. The minimum Gasteiger partial charge on any atom is -0.479 e. The van der Waals surface area contributed by atoms with E-state index in [2.05, 4.69) is 0 Å². The normalized spacial score (nSPS) is 12.5. The zero-order valence-corrected chi connectivity index (χ0v) is 6.92. The fraction of sp³-hybridized carbons (Fsp3) is 0.222. The van der Waals surface area contributed by atoms with Gasteiger partial charge in [-0.05, 0) is 18.6 Å². The van der Waals surface area contributed by atoms with Crippen LogP contribution < -0.4 is 0 Å². The van der Waals surface area contributed by atoms with E-state index in [1.165, 1.54) is 6.07 Å². The topological polar surface area (TPSA) is 37.3 Å². The van der Waals surface area contributed by atoms with Gasteiger partial charge in [-0.2, -0.15) is 0 Å². The summed E-state index contributed by atoms with van der Waals surface area (Å²) in [6, 6.07) is 3.71. The van der Waals surface area contributed by atoms with Gasteiger partial charge in [0.15, 0.2) is 0 Å². The highest BCUT2D eigenvalue weighted by Crippen LogP contribution is 2.21. The Bertz CT molecular complexity index is 336. The van der Waals surface area contributed by atoms with Gasteiger partial charge in [-0.1, -0.05) is 12.1 Å². The second kappa shape index (κ2) is 3.51. The average Bonchev–Trinajstić information content (AvgIpc) is 2.03. The van der Waals surface area contributed by atoms with Gasteiger partial charge in [0.25, 0.3) is 0 Å². The van der Waals surface area contributed by atoms with Crippen LogP contribution in [0, 0.1) is 12.7 Å². The lowest BCUT2D eigenvalue weighted by atomic mass is 10.1. The first kappa shape index (κ1) is 9.64. The molecule has 1 unspecified atom stereocenters. The van der Waals surface area contributed by atoms with Crippen molar-refractivity contribution < 1.29 is 18.7 Å². The minimum atomic E-state index is -2.29. The molecule has 0 radical (unpaired) electrons. The fourth-order valence-corrected chi connectivity index (χ4v) is 0.971. The van der Waals surface area contributed by atoms with Gasteiger partial charge >= 0.3 is 5.97 Å². The summed E-state index contributed by atoms with van der Waals surface area (Å²) in [6.45, 7) is 1.64. The number of hydrogen-bond donors (Lipinski definition) is 1. The van der Waals surface area contributed by atoms with Crippen molar-refractivity contribution >= 4 is 5.97 Å². The van der Waals surface area contributed by atoms with Gasteiger partial charge in [-0.25, -0.2) is 13.6 Å². The number of halogens is 2. The molecule has 0 aliphatic heterocycles. The van der Waals surface area contributed by atoms with E-state index in [0.29, 0.717) is 5.56 Å². The lowest BCUT2D eigenvalue weighted by Gasteiger charge is -2.04. The predicted octanol–water partition coefficient (Wildman–Crippen LogP) is 2.23. The molecule has 0 bridgehead atoms. The number of aliphatic carboxylic acids is 1. The molecule has 0 saturated heterocycles. The summed E-state index contributed by atoms with van der Waals surface area (Å²) in [7, 11) is 0. The van der Waals surface area contributed by atoms with E-state index in [0.717, 1.165) is 12.1 Å². The molecule has 0 fully saturated rings. The summed E-state index contributed by atoms with van der Waals surface area (Å²) in [5, 5.41) is 8.29. The summed E-state index contributed by atoms with van der Waals surface area (Å²) < 4.78 is 25.8. The first-order chi connectivity index (χ1) is 6.02. The first-order valence-electron chi connectivity index (χ1n) is 3.65. The maximum absolute atomic E-state index is 13.0. The van der Waals surface area contributed by atoms with Crippen molar-refractivity contribution in [3.8, 4) is 0 Å². The third kappa shape index (κ3) is 2.02. The number of carboxylic acids is 1. The Morgan fingerprint density at radius 1 is 1.54 bits per heavy atom. The Morgan fingerprint density at radius 3 is 2.62 bits per heavy atom. The van der Waals surface area contributed by atoms with Crippen LogP contribution in [-0.4, -0.2) is 11.1 Å². The number of benzene rings is 1. The molecule has 0 aliphatic carbocycles. The van der Waals surface area contributed by atoms with Crippen LogP contribution in [0.4, 0.5) is 8.78 Å². The zero-order valence-electron chi connectivity index (χ0n) is 6.92. The highest BCUT2D eigenvalue weighted by atomic mass is 19.1. The van der Waals surface area contributed by atoms with Gasteiger partial charge < -0.3 is 5.11 Å². The van der Waals surface area contributed by atoms with Gasteiger partial charge in [0, 0.05) is 5.56 Å². The number of aryl methyl sites for hydroxylation is 1. The van der Waals surface area contributed by atoms with Crippen LogP contribution >= 0.6 is 0 Å². The van der Waals surface area contributed by atoms with Gasteiger partial charge in [-0.15, -0.1) is 0 Å². The maximum Gasteiger partial charge on any atom is 0.343 e. The first-order valence-corrected chi connectivity index (χ1v) is 3.65. The average molecular weight is 186 g/mol. The molecular weight excluding hydrogens is 178 g/mol. The van der Waals surface area contributed by atoms with Crippen LogP contribution in [0.15, 0.2) is 18.2 Å². The SMILES string of the molecule is Cc1ccc(C(F)C(=O)O)c(F)c1. The monoisotopic (exact) mass is 186 g/mol. The molecule has 1 N–H and O–H groups in total. The predicted molar refractivity (Wildman–Crippen MR) is 42.6 cm³/mol. The van der Waals surface area contributed by atoms with E-state index in [-0.39, 0.29) is 0 Å². The highest BCUT2D eigenvalue weighted by Gasteiger charge is 2.21. The second-order valence-corrected chi connectivity index (χ2v) is 2.73. The van der Waals surface area contributed by atoms with Crippen molar-refractivity contribution in [2.75, 3.05) is 0 Å². The van der Waals surface area contributed by atoms with Crippen LogP contribution in [0.1, 0.15) is 17.3 Å². The van der Waals surface area contributed by atoms with Gasteiger partial charge in [0.05, 0.1) is 0 Å². The number of hydrogen-bond acceptors (Lipinski definition) is 1.